The molecule has 0 saturated carbocycles. The van der Waals surface area contributed by atoms with Crippen LogP contribution < -0.4 is 5.73 Å². The summed E-state index contributed by atoms with van der Waals surface area (Å²) in [6.07, 6.45) is 3.68. The van der Waals surface area contributed by atoms with E-state index >= 15 is 0 Å². The zero-order valence-corrected chi connectivity index (χ0v) is 13.6. The van der Waals surface area contributed by atoms with Crippen LogP contribution in [0.4, 0.5) is 0 Å². The first-order valence-corrected chi connectivity index (χ1v) is 7.83. The predicted molar refractivity (Wildman–Crippen MR) is 92.8 cm³/mol. The van der Waals surface area contributed by atoms with Crippen molar-refractivity contribution in [2.75, 3.05) is 14.1 Å². The number of rotatable bonds is 3. The first kappa shape index (κ1) is 15.4. The maximum absolute atomic E-state index is 12.3. The molecule has 0 radical (unpaired) electrons. The van der Waals surface area contributed by atoms with Crippen LogP contribution in [0.5, 0.6) is 0 Å². The number of para-hydroxylation sites is 1. The minimum atomic E-state index is -0.406. The molecule has 0 unspecified atom stereocenters. The van der Waals surface area contributed by atoms with Gasteiger partial charge in [-0.3, -0.25) is 19.5 Å². The third-order valence-electron chi connectivity index (χ3n) is 3.63. The Balaban J connectivity index is 2.09. The van der Waals surface area contributed by atoms with Gasteiger partial charge in [0.2, 0.25) is 5.91 Å². The highest BCUT2D eigenvalue weighted by atomic mass is 32.2. The summed E-state index contributed by atoms with van der Waals surface area (Å²) in [6.45, 7) is 0.104. The van der Waals surface area contributed by atoms with Crippen LogP contribution in [0.1, 0.15) is 5.56 Å². The van der Waals surface area contributed by atoms with E-state index in [0.29, 0.717) is 10.1 Å². The summed E-state index contributed by atoms with van der Waals surface area (Å²) < 4.78 is 1.80. The maximum Gasteiger partial charge on any atom is 0.266 e. The van der Waals surface area contributed by atoms with Gasteiger partial charge in [0.05, 0.1) is 4.91 Å². The van der Waals surface area contributed by atoms with Crippen LogP contribution in [0.2, 0.25) is 0 Å². The van der Waals surface area contributed by atoms with E-state index in [9.17, 15) is 9.59 Å². The molecule has 1 aliphatic rings. The molecule has 2 heterocycles. The van der Waals surface area contributed by atoms with Gasteiger partial charge in [0.1, 0.15) is 6.54 Å². The number of carbonyl (C=O) groups excluding carboxylic acids is 2. The lowest BCUT2D eigenvalue weighted by Gasteiger charge is -2.04. The van der Waals surface area contributed by atoms with Gasteiger partial charge in [-0.05, 0) is 23.9 Å². The fourth-order valence-corrected chi connectivity index (χ4v) is 3.50. The average molecular weight is 328 g/mol. The lowest BCUT2D eigenvalue weighted by Crippen LogP contribution is -2.23. The highest BCUT2D eigenvalue weighted by Crippen LogP contribution is 2.33. The quantitative estimate of drug-likeness (QED) is 0.870. The van der Waals surface area contributed by atoms with Gasteiger partial charge < -0.3 is 10.3 Å². The molecule has 6 nitrogen and oxygen atoms in total. The molecule has 1 aromatic heterocycles. The molecule has 0 bridgehead atoms. The summed E-state index contributed by atoms with van der Waals surface area (Å²) in [4.78, 5) is 29.8. The van der Waals surface area contributed by atoms with E-state index in [4.69, 9.17) is 5.73 Å². The lowest BCUT2D eigenvalue weighted by atomic mass is 10.1. The number of likely N-dealkylation sites (N-methyl/N-ethyl adjacent to an activating group) is 1. The molecule has 1 saturated heterocycles. The van der Waals surface area contributed by atoms with Gasteiger partial charge in [-0.1, -0.05) is 18.2 Å². The van der Waals surface area contributed by atoms with Gasteiger partial charge in [0.25, 0.3) is 5.91 Å². The second-order valence-electron chi connectivity index (χ2n) is 5.18. The molecule has 7 heteroatoms. The highest BCUT2D eigenvalue weighted by molar-refractivity contribution is 8.18. The zero-order valence-electron chi connectivity index (χ0n) is 12.8. The van der Waals surface area contributed by atoms with Gasteiger partial charge >= 0.3 is 0 Å². The number of benzene rings is 1. The summed E-state index contributed by atoms with van der Waals surface area (Å²) in [5.74, 6) is -0.487. The van der Waals surface area contributed by atoms with E-state index in [-0.39, 0.29) is 12.5 Å². The molecule has 118 valence electrons. The van der Waals surface area contributed by atoms with Crippen molar-refractivity contribution in [2.24, 2.45) is 10.7 Å². The fraction of sp³-hybridized carbons (Fsp3) is 0.188. The van der Waals surface area contributed by atoms with Crippen LogP contribution in [0, 0.1) is 0 Å². The van der Waals surface area contributed by atoms with Crippen LogP contribution in [0.25, 0.3) is 17.0 Å². The standard InChI is InChI=1S/C16H16N4O2S/c1-18-16-19(2)15(22)13(23-16)7-10-8-20(9-14(17)21)12-6-4-3-5-11(10)12/h3-8H,9H2,1-2H3,(H2,17,21)/b13-7-,18-16?. The van der Waals surface area contributed by atoms with Crippen molar-refractivity contribution in [3.8, 4) is 0 Å². The molecule has 1 aromatic carbocycles. The minimum absolute atomic E-state index is 0.0812. The molecular formula is C16H16N4O2S. The third kappa shape index (κ3) is 2.75. The van der Waals surface area contributed by atoms with Crippen molar-refractivity contribution in [3.05, 3.63) is 40.9 Å². The number of amides is 2. The van der Waals surface area contributed by atoms with Gasteiger partial charge in [0.15, 0.2) is 5.17 Å². The molecular weight excluding hydrogens is 312 g/mol. The van der Waals surface area contributed by atoms with Gasteiger partial charge in [-0.15, -0.1) is 0 Å². The molecule has 0 aliphatic carbocycles. The number of thioether (sulfide) groups is 1. The second kappa shape index (κ2) is 5.92. The number of hydrogen-bond acceptors (Lipinski definition) is 4. The van der Waals surface area contributed by atoms with Crippen LogP contribution in [-0.2, 0) is 16.1 Å². The molecule has 1 aliphatic heterocycles. The summed E-state index contributed by atoms with van der Waals surface area (Å²) in [6, 6.07) is 7.71. The number of hydrogen-bond donors (Lipinski definition) is 1. The van der Waals surface area contributed by atoms with Crippen LogP contribution in [0.15, 0.2) is 40.4 Å². The Labute approximate surface area is 137 Å². The summed E-state index contributed by atoms with van der Waals surface area (Å²) >= 11 is 1.34. The molecule has 0 spiro atoms. The van der Waals surface area contributed by atoms with E-state index in [1.807, 2.05) is 36.5 Å². The first-order valence-electron chi connectivity index (χ1n) is 7.02. The fourth-order valence-electron chi connectivity index (χ4n) is 2.58. The summed E-state index contributed by atoms with van der Waals surface area (Å²) in [5.41, 5.74) is 7.10. The number of fused-ring (bicyclic) bond motifs is 1. The number of aromatic nitrogens is 1. The summed E-state index contributed by atoms with van der Waals surface area (Å²) in [7, 11) is 3.36. The van der Waals surface area contributed by atoms with Crippen molar-refractivity contribution in [3.63, 3.8) is 0 Å². The second-order valence-corrected chi connectivity index (χ2v) is 6.19. The Morgan fingerprint density at radius 1 is 1.39 bits per heavy atom. The summed E-state index contributed by atoms with van der Waals surface area (Å²) in [5, 5.41) is 1.64. The molecule has 3 rings (SSSR count). The van der Waals surface area contributed by atoms with E-state index < -0.39 is 5.91 Å². The minimum Gasteiger partial charge on any atom is -0.368 e. The van der Waals surface area contributed by atoms with Gasteiger partial charge in [-0.2, -0.15) is 0 Å². The number of amidine groups is 1. The molecule has 0 atom stereocenters. The Morgan fingerprint density at radius 3 is 2.78 bits per heavy atom. The smallest absolute Gasteiger partial charge is 0.266 e. The topological polar surface area (TPSA) is 80.7 Å². The van der Waals surface area contributed by atoms with Crippen molar-refractivity contribution >= 4 is 45.7 Å². The van der Waals surface area contributed by atoms with Gasteiger partial charge in [0, 0.05) is 36.8 Å². The van der Waals surface area contributed by atoms with Crippen molar-refractivity contribution in [1.82, 2.24) is 9.47 Å². The predicted octanol–water partition coefficient (Wildman–Crippen LogP) is 1.66. The van der Waals surface area contributed by atoms with Crippen LogP contribution in [0.3, 0.4) is 0 Å². The van der Waals surface area contributed by atoms with Crippen LogP contribution >= 0.6 is 11.8 Å². The van der Waals surface area contributed by atoms with E-state index in [2.05, 4.69) is 4.99 Å². The van der Waals surface area contributed by atoms with E-state index in [1.165, 1.54) is 16.7 Å². The van der Waals surface area contributed by atoms with Gasteiger partial charge in [-0.25, -0.2) is 0 Å². The SMILES string of the molecule is CN=C1S/C(=C\c2cn(CC(N)=O)c3ccccc23)C(=O)N1C. The Bertz CT molecular complexity index is 866. The Hall–Kier alpha value is -2.54. The molecule has 2 amide bonds. The zero-order chi connectivity index (χ0) is 16.6. The molecule has 2 N–H and O–H groups in total. The number of aliphatic imine (C=N–C) groups is 1. The molecule has 1 fully saturated rings. The number of primary amides is 1. The first-order chi connectivity index (χ1) is 11.0. The lowest BCUT2D eigenvalue weighted by molar-refractivity contribution is -0.121. The van der Waals surface area contributed by atoms with Crippen LogP contribution in [-0.4, -0.2) is 40.5 Å². The van der Waals surface area contributed by atoms with E-state index in [0.717, 1.165) is 16.5 Å². The third-order valence-corrected chi connectivity index (χ3v) is 4.78. The highest BCUT2D eigenvalue weighted by Gasteiger charge is 2.30. The van der Waals surface area contributed by atoms with Crippen molar-refractivity contribution in [1.29, 1.82) is 0 Å². The average Bonchev–Trinajstić information content (AvgIpc) is 3.00. The Morgan fingerprint density at radius 2 is 2.13 bits per heavy atom. The molecule has 23 heavy (non-hydrogen) atoms. The normalized spacial score (nSPS) is 18.5. The number of carbonyl (C=O) groups is 2. The monoisotopic (exact) mass is 328 g/mol. The van der Waals surface area contributed by atoms with Crippen molar-refractivity contribution in [2.45, 2.75) is 6.54 Å². The van der Waals surface area contributed by atoms with E-state index in [1.54, 1.807) is 18.7 Å². The Kier molecular flexibility index (Phi) is 3.96. The number of nitrogens with two attached hydrogens (primary N) is 1. The largest absolute Gasteiger partial charge is 0.368 e. The molecule has 2 aromatic rings. The van der Waals surface area contributed by atoms with Crippen molar-refractivity contribution < 1.29 is 9.59 Å². The number of nitrogens with zero attached hydrogens (tertiary/aromatic N) is 3. The maximum atomic E-state index is 12.3.